The number of unbranched alkanes of at least 4 members (excludes halogenated alkanes) is 4. The molecule has 1 N–H and O–H groups in total. The molecule has 0 saturated carbocycles. The summed E-state index contributed by atoms with van der Waals surface area (Å²) in [6, 6.07) is 10.3. The Morgan fingerprint density at radius 3 is 2.15 bits per heavy atom. The van der Waals surface area contributed by atoms with E-state index in [1.54, 1.807) is 12.1 Å². The molecule has 2 aromatic carbocycles. The van der Waals surface area contributed by atoms with Crippen LogP contribution < -0.4 is 39.4 Å². The minimum Gasteiger partial charge on any atom is -0.872 e. The van der Waals surface area contributed by atoms with E-state index in [1.165, 1.54) is 49.6 Å². The average molecular weight is 386 g/mol. The van der Waals surface area contributed by atoms with E-state index >= 15 is 0 Å². The van der Waals surface area contributed by atoms with Crippen molar-refractivity contribution in [2.75, 3.05) is 0 Å². The molecule has 0 unspecified atom stereocenters. The molecule has 0 amide bonds. The quantitative estimate of drug-likeness (QED) is 0.399. The van der Waals surface area contributed by atoms with Crippen LogP contribution in [0.15, 0.2) is 47.4 Å². The number of aryl methyl sites for hydroxylation is 1. The van der Waals surface area contributed by atoms with Gasteiger partial charge in [-0.1, -0.05) is 44.2 Å². The van der Waals surface area contributed by atoms with Crippen LogP contribution in [0.5, 0.6) is 17.2 Å². The van der Waals surface area contributed by atoms with Crippen LogP contribution in [0.4, 0.5) is 0 Å². The maximum atomic E-state index is 12.1. The molecule has 136 valence electrons. The Hall–Kier alpha value is -1.05. The van der Waals surface area contributed by atoms with E-state index in [1.807, 2.05) is 0 Å². The monoisotopic (exact) mass is 386 g/mol. The molecule has 2 rings (SSSR count). The summed E-state index contributed by atoms with van der Waals surface area (Å²) in [6.07, 6.45) is 6.53. The molecule has 7 heteroatoms. The van der Waals surface area contributed by atoms with Crippen LogP contribution in [-0.2, 0) is 16.5 Å². The van der Waals surface area contributed by atoms with Crippen LogP contribution in [0, 0.1) is 0 Å². The van der Waals surface area contributed by atoms with Gasteiger partial charge in [0.25, 0.3) is 10.1 Å². The second-order valence-electron chi connectivity index (χ2n) is 5.98. The van der Waals surface area contributed by atoms with E-state index in [2.05, 4.69) is 6.92 Å². The number of hydrogen-bond acceptors (Lipinski definition) is 4. The summed E-state index contributed by atoms with van der Waals surface area (Å²) in [5.74, 6) is 0.737. The molecule has 26 heavy (non-hydrogen) atoms. The Bertz CT molecular complexity index is 788. The predicted molar refractivity (Wildman–Crippen MR) is 94.7 cm³/mol. The van der Waals surface area contributed by atoms with Gasteiger partial charge in [0.1, 0.15) is 11.5 Å². The van der Waals surface area contributed by atoms with E-state index in [0.29, 0.717) is 11.5 Å². The SMILES string of the molecule is CCCCCCCc1ccc(Oc2ccc(S(=O)(=O)O)cc2)cc1[O-].[Na+]. The third-order valence-electron chi connectivity index (χ3n) is 3.95. The summed E-state index contributed by atoms with van der Waals surface area (Å²) >= 11 is 0. The first kappa shape index (κ1) is 23.0. The van der Waals surface area contributed by atoms with E-state index in [4.69, 9.17) is 9.29 Å². The van der Waals surface area contributed by atoms with E-state index in [-0.39, 0.29) is 40.2 Å². The molecular formula is C19H23NaO5S. The molecule has 0 heterocycles. The van der Waals surface area contributed by atoms with Gasteiger partial charge in [0.2, 0.25) is 0 Å². The third-order valence-corrected chi connectivity index (χ3v) is 4.81. The molecule has 0 aromatic heterocycles. The molecule has 5 nitrogen and oxygen atoms in total. The second-order valence-corrected chi connectivity index (χ2v) is 7.40. The van der Waals surface area contributed by atoms with Gasteiger partial charge >= 0.3 is 29.6 Å². The van der Waals surface area contributed by atoms with Gasteiger partial charge in [-0.3, -0.25) is 4.55 Å². The van der Waals surface area contributed by atoms with Crippen molar-refractivity contribution in [3.05, 3.63) is 48.0 Å². The Balaban J connectivity index is 0.00000338. The van der Waals surface area contributed by atoms with Crippen LogP contribution in [0.1, 0.15) is 44.6 Å². The molecule has 0 aliphatic carbocycles. The van der Waals surface area contributed by atoms with E-state index < -0.39 is 10.1 Å². The van der Waals surface area contributed by atoms with Gasteiger partial charge in [0.15, 0.2) is 0 Å². The van der Waals surface area contributed by atoms with Crippen molar-refractivity contribution in [1.82, 2.24) is 0 Å². The van der Waals surface area contributed by atoms with Gasteiger partial charge in [-0.15, -0.1) is 5.75 Å². The zero-order valence-corrected chi connectivity index (χ0v) is 18.1. The topological polar surface area (TPSA) is 86.7 Å². The Kier molecular flexibility index (Phi) is 9.68. The summed E-state index contributed by atoms with van der Waals surface area (Å²) in [7, 11) is -4.23. The summed E-state index contributed by atoms with van der Waals surface area (Å²) in [6.45, 7) is 2.17. The fraction of sp³-hybridized carbons (Fsp3) is 0.368. The summed E-state index contributed by atoms with van der Waals surface area (Å²) < 4.78 is 36.5. The number of hydrogen-bond donors (Lipinski definition) is 1. The molecule has 2 aromatic rings. The summed E-state index contributed by atoms with van der Waals surface area (Å²) in [5, 5.41) is 12.1. The fourth-order valence-corrected chi connectivity index (χ4v) is 3.02. The Labute approximate surface area is 177 Å². The van der Waals surface area contributed by atoms with Crippen LogP contribution >= 0.6 is 0 Å². The van der Waals surface area contributed by atoms with Crippen molar-refractivity contribution < 1.29 is 52.4 Å². The maximum Gasteiger partial charge on any atom is 1.00 e. The average Bonchev–Trinajstić information content (AvgIpc) is 2.56. The van der Waals surface area contributed by atoms with Crippen LogP contribution in [0.3, 0.4) is 0 Å². The van der Waals surface area contributed by atoms with Gasteiger partial charge in [0, 0.05) is 0 Å². The van der Waals surface area contributed by atoms with Crippen LogP contribution in [0.25, 0.3) is 0 Å². The third kappa shape index (κ3) is 7.29. The zero-order chi connectivity index (χ0) is 18.3. The van der Waals surface area contributed by atoms with Gasteiger partial charge in [-0.05, 0) is 49.2 Å². The number of ether oxygens (including phenoxy) is 1. The van der Waals surface area contributed by atoms with Crippen molar-refractivity contribution in [3.8, 4) is 17.2 Å². The number of rotatable bonds is 9. The van der Waals surface area contributed by atoms with Crippen molar-refractivity contribution >= 4 is 10.1 Å². The first-order valence-electron chi connectivity index (χ1n) is 8.45. The van der Waals surface area contributed by atoms with Gasteiger partial charge < -0.3 is 9.84 Å². The van der Waals surface area contributed by atoms with E-state index in [0.717, 1.165) is 24.8 Å². The molecule has 0 fully saturated rings. The molecule has 0 atom stereocenters. The second kappa shape index (κ2) is 10.9. The fourth-order valence-electron chi connectivity index (χ4n) is 2.54. The Morgan fingerprint density at radius 1 is 0.962 bits per heavy atom. The summed E-state index contributed by atoms with van der Waals surface area (Å²) in [4.78, 5) is -0.206. The molecule has 0 bridgehead atoms. The molecular weight excluding hydrogens is 363 g/mol. The molecule has 0 aliphatic rings. The van der Waals surface area contributed by atoms with E-state index in [9.17, 15) is 13.5 Å². The van der Waals surface area contributed by atoms with Crippen LogP contribution in [-0.4, -0.2) is 13.0 Å². The van der Waals surface area contributed by atoms with Gasteiger partial charge in [-0.25, -0.2) is 0 Å². The minimum atomic E-state index is -4.23. The normalized spacial score (nSPS) is 11.0. The van der Waals surface area contributed by atoms with Crippen LogP contribution in [0.2, 0.25) is 0 Å². The molecule has 0 radical (unpaired) electrons. The van der Waals surface area contributed by atoms with Gasteiger partial charge in [0.05, 0.1) is 4.90 Å². The molecule has 0 saturated heterocycles. The molecule has 0 spiro atoms. The molecule has 0 aliphatic heterocycles. The minimum absolute atomic E-state index is 0. The van der Waals surface area contributed by atoms with Crippen molar-refractivity contribution in [1.29, 1.82) is 0 Å². The smallest absolute Gasteiger partial charge is 0.872 e. The zero-order valence-electron chi connectivity index (χ0n) is 15.3. The first-order valence-corrected chi connectivity index (χ1v) is 9.89. The van der Waals surface area contributed by atoms with Gasteiger partial charge in [-0.2, -0.15) is 8.42 Å². The largest absolute Gasteiger partial charge is 1.00 e. The predicted octanol–water partition coefficient (Wildman–Crippen LogP) is 1.32. The standard InChI is InChI=1S/C19H24O5S.Na/c1-2-3-4-5-6-7-15-8-9-17(14-19(15)20)24-16-10-12-18(13-11-16)25(21,22)23;/h8-14,20H,2-7H2,1H3,(H,21,22,23);/q;+1/p-1. The maximum absolute atomic E-state index is 12.1. The van der Waals surface area contributed by atoms with Crippen molar-refractivity contribution in [2.24, 2.45) is 0 Å². The Morgan fingerprint density at radius 2 is 1.58 bits per heavy atom. The summed E-state index contributed by atoms with van der Waals surface area (Å²) in [5.41, 5.74) is 0.783. The first-order chi connectivity index (χ1) is 11.9. The number of benzene rings is 2. The van der Waals surface area contributed by atoms with Crippen molar-refractivity contribution in [2.45, 2.75) is 50.3 Å². The van der Waals surface area contributed by atoms with Crippen molar-refractivity contribution in [3.63, 3.8) is 0 Å².